The molecule has 2 N–H and O–H groups in total. The number of carbonyl (C=O) groups excluding carboxylic acids is 1. The fourth-order valence-electron chi connectivity index (χ4n) is 1.66. The highest BCUT2D eigenvalue weighted by Gasteiger charge is 2.18. The summed E-state index contributed by atoms with van der Waals surface area (Å²) in [7, 11) is -3.98. The van der Waals surface area contributed by atoms with Crippen LogP contribution in [-0.2, 0) is 10.0 Å². The van der Waals surface area contributed by atoms with Gasteiger partial charge in [-0.05, 0) is 42.8 Å². The number of rotatable bonds is 4. The van der Waals surface area contributed by atoms with E-state index >= 15 is 0 Å². The minimum absolute atomic E-state index is 0.112. The van der Waals surface area contributed by atoms with Crippen molar-refractivity contribution >= 4 is 15.9 Å². The van der Waals surface area contributed by atoms with Crippen LogP contribution in [0.25, 0.3) is 0 Å². The molecule has 8 heteroatoms. The molecule has 0 aliphatic rings. The molecule has 0 aliphatic carbocycles. The molecular formula is C13H12FN3O3S. The lowest BCUT2D eigenvalue weighted by Crippen LogP contribution is -2.41. The van der Waals surface area contributed by atoms with Gasteiger partial charge in [-0.3, -0.25) is 15.2 Å². The summed E-state index contributed by atoms with van der Waals surface area (Å²) in [4.78, 5) is 17.3. The Labute approximate surface area is 121 Å². The quantitative estimate of drug-likeness (QED) is 0.829. The second-order valence-electron chi connectivity index (χ2n) is 4.21. The Morgan fingerprint density at radius 1 is 1.19 bits per heavy atom. The number of carbonyl (C=O) groups is 1. The number of benzene rings is 1. The van der Waals surface area contributed by atoms with Crippen LogP contribution in [0.5, 0.6) is 0 Å². The van der Waals surface area contributed by atoms with Gasteiger partial charge in [0.15, 0.2) is 0 Å². The van der Waals surface area contributed by atoms with Crippen LogP contribution in [0.3, 0.4) is 0 Å². The van der Waals surface area contributed by atoms with Gasteiger partial charge in [0.05, 0.1) is 4.90 Å². The Morgan fingerprint density at radius 2 is 1.86 bits per heavy atom. The van der Waals surface area contributed by atoms with Crippen molar-refractivity contribution < 1.29 is 17.6 Å². The molecule has 0 atom stereocenters. The summed E-state index contributed by atoms with van der Waals surface area (Å²) < 4.78 is 37.1. The third-order valence-corrected chi connectivity index (χ3v) is 4.08. The van der Waals surface area contributed by atoms with E-state index in [1.54, 1.807) is 0 Å². The molecule has 21 heavy (non-hydrogen) atoms. The first-order valence-electron chi connectivity index (χ1n) is 5.88. The fourth-order valence-corrected chi connectivity index (χ4v) is 2.73. The molecular weight excluding hydrogens is 297 g/mol. The highest BCUT2D eigenvalue weighted by atomic mass is 32.2. The largest absolute Gasteiger partial charge is 0.273 e. The number of halogens is 1. The van der Waals surface area contributed by atoms with Gasteiger partial charge in [-0.2, -0.15) is 0 Å². The summed E-state index contributed by atoms with van der Waals surface area (Å²) in [5, 5.41) is 0. The lowest BCUT2D eigenvalue weighted by Gasteiger charge is -2.10. The zero-order valence-corrected chi connectivity index (χ0v) is 11.8. The van der Waals surface area contributed by atoms with Crippen LogP contribution in [0.15, 0.2) is 47.6 Å². The van der Waals surface area contributed by atoms with Crippen LogP contribution >= 0.6 is 0 Å². The molecule has 0 unspecified atom stereocenters. The number of hydrogen-bond acceptors (Lipinski definition) is 4. The van der Waals surface area contributed by atoms with Gasteiger partial charge >= 0.3 is 0 Å². The van der Waals surface area contributed by atoms with E-state index in [4.69, 9.17) is 0 Å². The van der Waals surface area contributed by atoms with E-state index < -0.39 is 21.7 Å². The minimum Gasteiger partial charge on any atom is -0.273 e. The lowest BCUT2D eigenvalue weighted by atomic mass is 10.2. The van der Waals surface area contributed by atoms with Crippen molar-refractivity contribution in [2.75, 3.05) is 0 Å². The van der Waals surface area contributed by atoms with Crippen molar-refractivity contribution in [1.29, 1.82) is 0 Å². The van der Waals surface area contributed by atoms with Crippen LogP contribution in [0.2, 0.25) is 0 Å². The first-order chi connectivity index (χ1) is 9.90. The molecule has 1 amide bonds. The molecule has 1 aromatic carbocycles. The zero-order valence-electron chi connectivity index (χ0n) is 11.0. The maximum absolute atomic E-state index is 13.0. The van der Waals surface area contributed by atoms with Gasteiger partial charge in [0, 0.05) is 18.0 Å². The van der Waals surface area contributed by atoms with E-state index in [0.717, 1.165) is 18.2 Å². The molecule has 0 bridgehead atoms. The molecule has 2 aromatic rings. The number of nitrogens with zero attached hydrogens (tertiary/aromatic N) is 1. The molecule has 2 rings (SSSR count). The average Bonchev–Trinajstić information content (AvgIpc) is 2.45. The summed E-state index contributed by atoms with van der Waals surface area (Å²) in [5.41, 5.74) is 2.57. The van der Waals surface area contributed by atoms with Crippen LogP contribution in [-0.4, -0.2) is 19.3 Å². The number of pyridine rings is 1. The second-order valence-corrected chi connectivity index (χ2v) is 5.86. The predicted molar refractivity (Wildman–Crippen MR) is 73.2 cm³/mol. The first-order valence-corrected chi connectivity index (χ1v) is 7.37. The Kier molecular flexibility index (Phi) is 4.29. The maximum Gasteiger partial charge on any atom is 0.266 e. The molecule has 0 spiro atoms. The molecule has 0 saturated carbocycles. The van der Waals surface area contributed by atoms with Gasteiger partial charge < -0.3 is 0 Å². The Hall–Kier alpha value is -2.32. The molecule has 0 saturated heterocycles. The molecule has 6 nitrogen and oxygen atoms in total. The summed E-state index contributed by atoms with van der Waals surface area (Å²) in [5.74, 6) is -1.16. The number of hydrogen-bond donors (Lipinski definition) is 2. The van der Waals surface area contributed by atoms with E-state index in [-0.39, 0.29) is 16.0 Å². The number of hydrazine groups is 1. The minimum atomic E-state index is -3.98. The summed E-state index contributed by atoms with van der Waals surface area (Å²) in [6, 6.07) is 6.14. The van der Waals surface area contributed by atoms with Crippen molar-refractivity contribution in [3.8, 4) is 0 Å². The van der Waals surface area contributed by atoms with Gasteiger partial charge in [0.25, 0.3) is 15.9 Å². The third-order valence-electron chi connectivity index (χ3n) is 2.67. The summed E-state index contributed by atoms with van der Waals surface area (Å²) in [6.45, 7) is 1.46. The standard InChI is InChI=1S/C13H12FN3O3S/c1-9-8-11(14)2-3-12(9)21(19,20)17-16-13(18)10-4-6-15-7-5-10/h2-8,17H,1H3,(H,16,18). The zero-order chi connectivity index (χ0) is 15.5. The molecule has 110 valence electrons. The molecule has 0 radical (unpaired) electrons. The van der Waals surface area contributed by atoms with Crippen molar-refractivity contribution in [2.24, 2.45) is 0 Å². The smallest absolute Gasteiger partial charge is 0.266 e. The summed E-state index contributed by atoms with van der Waals surface area (Å²) in [6.07, 6.45) is 2.82. The second kappa shape index (κ2) is 5.98. The van der Waals surface area contributed by atoms with Gasteiger partial charge in [-0.25, -0.2) is 12.8 Å². The van der Waals surface area contributed by atoms with E-state index in [2.05, 4.69) is 10.4 Å². The molecule has 0 aliphatic heterocycles. The van der Waals surface area contributed by atoms with Gasteiger partial charge in [-0.1, -0.05) is 0 Å². The number of amides is 1. The van der Waals surface area contributed by atoms with Crippen molar-refractivity contribution in [3.63, 3.8) is 0 Å². The SMILES string of the molecule is Cc1cc(F)ccc1S(=O)(=O)NNC(=O)c1ccncc1. The van der Waals surface area contributed by atoms with E-state index in [9.17, 15) is 17.6 Å². The number of nitrogens with one attached hydrogen (secondary N) is 2. The normalized spacial score (nSPS) is 11.1. The number of sulfonamides is 1. The molecule has 1 heterocycles. The van der Waals surface area contributed by atoms with Gasteiger partial charge in [0.1, 0.15) is 5.82 Å². The number of aromatic nitrogens is 1. The third kappa shape index (κ3) is 3.61. The van der Waals surface area contributed by atoms with Crippen LogP contribution in [0, 0.1) is 12.7 Å². The monoisotopic (exact) mass is 309 g/mol. The van der Waals surface area contributed by atoms with Crippen molar-refractivity contribution in [2.45, 2.75) is 11.8 Å². The van der Waals surface area contributed by atoms with Gasteiger partial charge in [-0.15, -0.1) is 4.83 Å². The predicted octanol–water partition coefficient (Wildman–Crippen LogP) is 1.15. The van der Waals surface area contributed by atoms with E-state index in [0.29, 0.717) is 0 Å². The van der Waals surface area contributed by atoms with E-state index in [1.807, 2.05) is 4.83 Å². The van der Waals surface area contributed by atoms with Gasteiger partial charge in [0.2, 0.25) is 0 Å². The maximum atomic E-state index is 13.0. The first kappa shape index (κ1) is 15.1. The molecule has 0 fully saturated rings. The Bertz CT molecular complexity index is 763. The van der Waals surface area contributed by atoms with Crippen molar-refractivity contribution in [1.82, 2.24) is 15.2 Å². The number of aryl methyl sites for hydroxylation is 1. The highest BCUT2D eigenvalue weighted by molar-refractivity contribution is 7.89. The summed E-state index contributed by atoms with van der Waals surface area (Å²) >= 11 is 0. The van der Waals surface area contributed by atoms with Crippen LogP contribution < -0.4 is 10.3 Å². The van der Waals surface area contributed by atoms with Crippen LogP contribution in [0.1, 0.15) is 15.9 Å². The lowest BCUT2D eigenvalue weighted by molar-refractivity contribution is 0.0945. The van der Waals surface area contributed by atoms with Crippen LogP contribution in [0.4, 0.5) is 4.39 Å². The van der Waals surface area contributed by atoms with Crippen molar-refractivity contribution in [3.05, 3.63) is 59.7 Å². The Balaban J connectivity index is 2.13. The molecule has 1 aromatic heterocycles. The average molecular weight is 309 g/mol. The van der Waals surface area contributed by atoms with E-state index in [1.165, 1.54) is 31.5 Å². The fraction of sp³-hybridized carbons (Fsp3) is 0.0769. The Morgan fingerprint density at radius 3 is 2.48 bits per heavy atom. The topological polar surface area (TPSA) is 88.2 Å². The highest BCUT2D eigenvalue weighted by Crippen LogP contribution is 2.15.